The number of rotatable bonds is 7. The van der Waals surface area contributed by atoms with Gasteiger partial charge in [0.15, 0.2) is 11.5 Å². The summed E-state index contributed by atoms with van der Waals surface area (Å²) in [7, 11) is 3.14. The summed E-state index contributed by atoms with van der Waals surface area (Å²) in [6.45, 7) is 0.149. The summed E-state index contributed by atoms with van der Waals surface area (Å²) >= 11 is 1.58. The molecule has 5 nitrogen and oxygen atoms in total. The second-order valence-electron chi connectivity index (χ2n) is 5.90. The van der Waals surface area contributed by atoms with Crippen LogP contribution in [0.25, 0.3) is 16.2 Å². The van der Waals surface area contributed by atoms with Crippen LogP contribution in [0, 0.1) is 0 Å². The number of thiophene rings is 1. The van der Waals surface area contributed by atoms with Crippen molar-refractivity contribution in [3.8, 4) is 11.5 Å². The molecule has 0 bridgehead atoms. The number of carbonyl (C=O) groups excluding carboxylic acids is 1. The van der Waals surface area contributed by atoms with Crippen molar-refractivity contribution in [2.45, 2.75) is 6.10 Å². The lowest BCUT2D eigenvalue weighted by Gasteiger charge is -2.10. The molecule has 0 spiro atoms. The number of aliphatic hydroxyl groups excluding tert-OH is 1. The van der Waals surface area contributed by atoms with Crippen LogP contribution < -0.4 is 14.8 Å². The Hall–Kier alpha value is -2.83. The predicted octanol–water partition coefficient (Wildman–Crippen LogP) is 3.78. The first-order valence-corrected chi connectivity index (χ1v) is 9.32. The number of fused-ring (bicyclic) bond motifs is 1. The number of aliphatic hydroxyl groups is 1. The highest BCUT2D eigenvalue weighted by molar-refractivity contribution is 7.17. The number of benzene rings is 2. The highest BCUT2D eigenvalue weighted by Crippen LogP contribution is 2.30. The van der Waals surface area contributed by atoms with E-state index < -0.39 is 6.10 Å². The van der Waals surface area contributed by atoms with E-state index in [0.717, 1.165) is 21.2 Å². The van der Waals surface area contributed by atoms with Gasteiger partial charge in [-0.25, -0.2) is 0 Å². The van der Waals surface area contributed by atoms with Gasteiger partial charge in [-0.1, -0.05) is 24.3 Å². The molecule has 0 fully saturated rings. The fourth-order valence-corrected chi connectivity index (χ4v) is 3.76. The summed E-state index contributed by atoms with van der Waals surface area (Å²) in [5.74, 6) is 0.952. The summed E-state index contributed by atoms with van der Waals surface area (Å²) in [5, 5.41) is 16.1. The van der Waals surface area contributed by atoms with Crippen molar-refractivity contribution < 1.29 is 19.4 Å². The average Bonchev–Trinajstić information content (AvgIpc) is 3.14. The standard InChI is InChI=1S/C21H21NO4S/c1-25-18-9-7-14(11-19(18)26-2)8-10-21(24)22-12-17(23)16-13-27-20-6-4-3-5-15(16)20/h3-11,13,17,23H,12H2,1-2H3,(H,22,24)/b10-8+. The van der Waals surface area contributed by atoms with Crippen LogP contribution in [-0.4, -0.2) is 31.8 Å². The maximum atomic E-state index is 12.1. The normalized spacial score (nSPS) is 12.3. The minimum Gasteiger partial charge on any atom is -0.493 e. The lowest BCUT2D eigenvalue weighted by Crippen LogP contribution is -2.26. The number of hydrogen-bond donors (Lipinski definition) is 2. The Morgan fingerprint density at radius 2 is 1.96 bits per heavy atom. The highest BCUT2D eigenvalue weighted by Gasteiger charge is 2.13. The molecule has 1 atom stereocenters. The van der Waals surface area contributed by atoms with Crippen LogP contribution in [0.2, 0.25) is 0 Å². The van der Waals surface area contributed by atoms with Gasteiger partial charge in [0, 0.05) is 22.9 Å². The number of ether oxygens (including phenoxy) is 2. The van der Waals surface area contributed by atoms with E-state index in [0.29, 0.717) is 11.5 Å². The van der Waals surface area contributed by atoms with E-state index in [1.807, 2.05) is 35.7 Å². The first-order chi connectivity index (χ1) is 13.1. The van der Waals surface area contributed by atoms with Gasteiger partial charge in [0.2, 0.25) is 5.91 Å². The van der Waals surface area contributed by atoms with E-state index >= 15 is 0 Å². The molecule has 6 heteroatoms. The molecule has 27 heavy (non-hydrogen) atoms. The van der Waals surface area contributed by atoms with Crippen LogP contribution in [-0.2, 0) is 4.79 Å². The Morgan fingerprint density at radius 3 is 2.74 bits per heavy atom. The molecule has 0 saturated heterocycles. The van der Waals surface area contributed by atoms with E-state index in [9.17, 15) is 9.90 Å². The summed E-state index contributed by atoms with van der Waals surface area (Å²) in [5.41, 5.74) is 1.65. The first-order valence-electron chi connectivity index (χ1n) is 8.44. The Labute approximate surface area is 161 Å². The van der Waals surface area contributed by atoms with Gasteiger partial charge in [0.05, 0.1) is 20.3 Å². The molecule has 0 aliphatic carbocycles. The fraction of sp³-hybridized carbons (Fsp3) is 0.190. The zero-order chi connectivity index (χ0) is 19.2. The number of hydrogen-bond acceptors (Lipinski definition) is 5. The topological polar surface area (TPSA) is 67.8 Å². The Kier molecular flexibility index (Phi) is 6.11. The molecule has 0 radical (unpaired) electrons. The van der Waals surface area contributed by atoms with Crippen molar-refractivity contribution in [1.82, 2.24) is 5.32 Å². The van der Waals surface area contributed by atoms with Crippen molar-refractivity contribution in [2.24, 2.45) is 0 Å². The van der Waals surface area contributed by atoms with E-state index in [1.54, 1.807) is 43.8 Å². The highest BCUT2D eigenvalue weighted by atomic mass is 32.1. The molecule has 0 aliphatic heterocycles. The molecule has 0 aliphatic rings. The monoisotopic (exact) mass is 383 g/mol. The first kappa shape index (κ1) is 18.9. The molecule has 3 rings (SSSR count). The molecule has 1 aromatic heterocycles. The summed E-state index contributed by atoms with van der Waals surface area (Å²) < 4.78 is 11.6. The van der Waals surface area contributed by atoms with Gasteiger partial charge in [-0.3, -0.25) is 4.79 Å². The second kappa shape index (κ2) is 8.70. The molecule has 0 saturated carbocycles. The minimum atomic E-state index is -0.750. The van der Waals surface area contributed by atoms with Crippen LogP contribution in [0.5, 0.6) is 11.5 Å². The third kappa shape index (κ3) is 4.48. The number of amides is 1. The lowest BCUT2D eigenvalue weighted by atomic mass is 10.1. The van der Waals surface area contributed by atoms with Crippen LogP contribution in [0.15, 0.2) is 53.9 Å². The van der Waals surface area contributed by atoms with Gasteiger partial charge in [0.1, 0.15) is 0 Å². The maximum Gasteiger partial charge on any atom is 0.244 e. The summed E-state index contributed by atoms with van der Waals surface area (Å²) in [6.07, 6.45) is 2.36. The van der Waals surface area contributed by atoms with E-state index in [2.05, 4.69) is 5.32 Å². The molecule has 1 heterocycles. The van der Waals surface area contributed by atoms with Crippen molar-refractivity contribution in [2.75, 3.05) is 20.8 Å². The van der Waals surface area contributed by atoms with Gasteiger partial charge in [0.25, 0.3) is 0 Å². The average molecular weight is 383 g/mol. The quantitative estimate of drug-likeness (QED) is 0.609. The van der Waals surface area contributed by atoms with Gasteiger partial charge in [-0.2, -0.15) is 0 Å². The molecule has 1 unspecified atom stereocenters. The van der Waals surface area contributed by atoms with Crippen molar-refractivity contribution in [3.63, 3.8) is 0 Å². The molecular formula is C21H21NO4S. The van der Waals surface area contributed by atoms with Crippen LogP contribution in [0.1, 0.15) is 17.2 Å². The summed E-state index contributed by atoms with van der Waals surface area (Å²) in [6, 6.07) is 13.3. The predicted molar refractivity (Wildman–Crippen MR) is 108 cm³/mol. The SMILES string of the molecule is COc1ccc(/C=C/C(=O)NCC(O)c2csc3ccccc23)cc1OC. The number of nitrogens with one attached hydrogen (secondary N) is 1. The van der Waals surface area contributed by atoms with Gasteiger partial charge in [-0.15, -0.1) is 11.3 Å². The zero-order valence-electron chi connectivity index (χ0n) is 15.1. The maximum absolute atomic E-state index is 12.1. The van der Waals surface area contributed by atoms with Crippen molar-refractivity contribution in [3.05, 3.63) is 65.0 Å². The van der Waals surface area contributed by atoms with Crippen LogP contribution in [0.3, 0.4) is 0 Å². The Bertz CT molecular complexity index is 964. The van der Waals surface area contributed by atoms with Gasteiger partial charge >= 0.3 is 0 Å². The third-order valence-corrected chi connectivity index (χ3v) is 5.16. The molecule has 2 aromatic carbocycles. The van der Waals surface area contributed by atoms with Crippen LogP contribution >= 0.6 is 11.3 Å². The van der Waals surface area contributed by atoms with Gasteiger partial charge < -0.3 is 19.9 Å². The zero-order valence-corrected chi connectivity index (χ0v) is 16.0. The Morgan fingerprint density at radius 1 is 1.19 bits per heavy atom. The second-order valence-corrected chi connectivity index (χ2v) is 6.81. The minimum absolute atomic E-state index is 0.149. The van der Waals surface area contributed by atoms with Crippen molar-refractivity contribution in [1.29, 1.82) is 0 Å². The van der Waals surface area contributed by atoms with E-state index in [1.165, 1.54) is 6.08 Å². The number of methoxy groups -OCH3 is 2. The van der Waals surface area contributed by atoms with Crippen molar-refractivity contribution >= 4 is 33.4 Å². The van der Waals surface area contributed by atoms with Gasteiger partial charge in [-0.05, 0) is 40.6 Å². The molecular weight excluding hydrogens is 362 g/mol. The molecule has 1 amide bonds. The smallest absolute Gasteiger partial charge is 0.244 e. The lowest BCUT2D eigenvalue weighted by molar-refractivity contribution is -0.116. The van der Waals surface area contributed by atoms with Crippen LogP contribution in [0.4, 0.5) is 0 Å². The largest absolute Gasteiger partial charge is 0.493 e. The van der Waals surface area contributed by atoms with E-state index in [-0.39, 0.29) is 12.5 Å². The third-order valence-electron chi connectivity index (χ3n) is 4.17. The molecule has 2 N–H and O–H groups in total. The summed E-state index contributed by atoms with van der Waals surface area (Å²) in [4.78, 5) is 12.1. The van der Waals surface area contributed by atoms with E-state index in [4.69, 9.17) is 9.47 Å². The number of carbonyl (C=O) groups is 1. The molecule has 3 aromatic rings. The molecule has 140 valence electrons. The fourth-order valence-electron chi connectivity index (χ4n) is 2.75. The Balaban J connectivity index is 1.60.